The Morgan fingerprint density at radius 2 is 1.96 bits per heavy atom. The van der Waals surface area contributed by atoms with Crippen molar-refractivity contribution >= 4 is 33.4 Å². The van der Waals surface area contributed by atoms with Gasteiger partial charge in [0.15, 0.2) is 11.5 Å². The van der Waals surface area contributed by atoms with E-state index in [4.69, 9.17) is 9.47 Å². The molecule has 9 heteroatoms. The molecule has 25 heavy (non-hydrogen) atoms. The number of fused-ring (bicyclic) bond motifs is 1. The molecule has 0 radical (unpaired) electrons. The van der Waals surface area contributed by atoms with Gasteiger partial charge < -0.3 is 14.8 Å². The number of thioether (sulfide) groups is 1. The molecule has 0 aromatic heterocycles. The van der Waals surface area contributed by atoms with Crippen molar-refractivity contribution in [3.63, 3.8) is 0 Å². The number of sulfonamides is 1. The van der Waals surface area contributed by atoms with Gasteiger partial charge in [0, 0.05) is 23.1 Å². The van der Waals surface area contributed by atoms with E-state index >= 15 is 0 Å². The molecule has 1 N–H and O–H groups in total. The third-order valence-corrected chi connectivity index (χ3v) is 5.71. The summed E-state index contributed by atoms with van der Waals surface area (Å²) in [6, 6.07) is 4.79. The van der Waals surface area contributed by atoms with Gasteiger partial charge in [0.1, 0.15) is 6.54 Å². The van der Waals surface area contributed by atoms with Crippen molar-refractivity contribution in [1.29, 1.82) is 0 Å². The van der Waals surface area contributed by atoms with Gasteiger partial charge in [-0.2, -0.15) is 11.8 Å². The first kappa shape index (κ1) is 19.7. The molecule has 1 aliphatic heterocycles. The maximum atomic E-state index is 12.1. The molecular formula is C16H24N2O5S2. The molecule has 2 rings (SSSR count). The molecule has 0 atom stereocenters. The van der Waals surface area contributed by atoms with Crippen LogP contribution in [-0.4, -0.2) is 51.0 Å². The second kappa shape index (κ2) is 7.74. The van der Waals surface area contributed by atoms with Crippen molar-refractivity contribution < 1.29 is 22.7 Å². The van der Waals surface area contributed by atoms with Crippen molar-refractivity contribution in [2.45, 2.75) is 25.5 Å². The third-order valence-electron chi connectivity index (χ3n) is 3.29. The van der Waals surface area contributed by atoms with Crippen molar-refractivity contribution in [3.05, 3.63) is 18.2 Å². The van der Waals surface area contributed by atoms with Crippen LogP contribution in [0.2, 0.25) is 0 Å². The quantitative estimate of drug-likeness (QED) is 0.718. The summed E-state index contributed by atoms with van der Waals surface area (Å²) in [5.41, 5.74) is 0.367. The Bertz CT molecular complexity index is 729. The first-order chi connectivity index (χ1) is 11.6. The number of amides is 1. The fourth-order valence-electron chi connectivity index (χ4n) is 2.17. The monoisotopic (exact) mass is 388 g/mol. The molecule has 1 amide bonds. The van der Waals surface area contributed by atoms with E-state index in [1.807, 2.05) is 0 Å². The molecule has 140 valence electrons. The van der Waals surface area contributed by atoms with Gasteiger partial charge >= 0.3 is 0 Å². The average Bonchev–Trinajstić information content (AvgIpc) is 2.94. The molecule has 0 aliphatic carbocycles. The number of benzene rings is 1. The van der Waals surface area contributed by atoms with Gasteiger partial charge in [-0.15, -0.1) is 0 Å². The molecule has 0 bridgehead atoms. The van der Waals surface area contributed by atoms with Crippen LogP contribution in [0.25, 0.3) is 0 Å². The Morgan fingerprint density at radius 3 is 2.60 bits per heavy atom. The van der Waals surface area contributed by atoms with Crippen molar-refractivity contribution in [2.24, 2.45) is 0 Å². The second-order valence-corrected chi connectivity index (χ2v) is 10.4. The smallest absolute Gasteiger partial charge is 0.240 e. The third kappa shape index (κ3) is 6.00. The zero-order valence-corrected chi connectivity index (χ0v) is 16.5. The lowest BCUT2D eigenvalue weighted by Gasteiger charge is -2.22. The Labute approximate surface area is 153 Å². The highest BCUT2D eigenvalue weighted by molar-refractivity contribution is 8.00. The molecule has 1 aromatic rings. The van der Waals surface area contributed by atoms with Crippen molar-refractivity contribution in [2.75, 3.05) is 36.2 Å². The number of hydrogen-bond acceptors (Lipinski definition) is 6. The largest absolute Gasteiger partial charge is 0.454 e. The van der Waals surface area contributed by atoms with Crippen LogP contribution in [0.5, 0.6) is 11.5 Å². The molecule has 0 saturated heterocycles. The van der Waals surface area contributed by atoms with E-state index in [1.54, 1.807) is 30.0 Å². The summed E-state index contributed by atoms with van der Waals surface area (Å²) >= 11 is 1.73. The lowest BCUT2D eigenvalue weighted by atomic mass is 10.3. The second-order valence-electron chi connectivity index (χ2n) is 6.62. The first-order valence-electron chi connectivity index (χ1n) is 7.84. The van der Waals surface area contributed by atoms with Crippen LogP contribution in [-0.2, 0) is 14.8 Å². The van der Waals surface area contributed by atoms with Crippen LogP contribution >= 0.6 is 11.8 Å². The minimum atomic E-state index is -3.61. The summed E-state index contributed by atoms with van der Waals surface area (Å²) in [6.45, 7) is 6.61. The number of anilines is 1. The minimum Gasteiger partial charge on any atom is -0.454 e. The standard InChI is InChI=1S/C16H24N2O5S2/c1-16(2,3)24-8-7-17-15(19)10-18(25(4,20)21)12-5-6-13-14(9-12)23-11-22-13/h5-6,9H,7-8,10-11H2,1-4H3,(H,17,19). The summed E-state index contributed by atoms with van der Waals surface area (Å²) in [5, 5.41) is 2.76. The number of nitrogens with zero attached hydrogens (tertiary/aromatic N) is 1. The summed E-state index contributed by atoms with van der Waals surface area (Å²) < 4.78 is 35.9. The Morgan fingerprint density at radius 1 is 1.28 bits per heavy atom. The van der Waals surface area contributed by atoms with E-state index in [1.165, 1.54) is 0 Å². The highest BCUT2D eigenvalue weighted by atomic mass is 32.2. The molecule has 7 nitrogen and oxygen atoms in total. The number of hydrogen-bond donors (Lipinski definition) is 1. The van der Waals surface area contributed by atoms with Gasteiger partial charge in [0.25, 0.3) is 0 Å². The fraction of sp³-hybridized carbons (Fsp3) is 0.562. The van der Waals surface area contributed by atoms with E-state index in [2.05, 4.69) is 26.1 Å². The lowest BCUT2D eigenvalue weighted by Crippen LogP contribution is -2.41. The summed E-state index contributed by atoms with van der Waals surface area (Å²) in [4.78, 5) is 12.1. The van der Waals surface area contributed by atoms with E-state index in [-0.39, 0.29) is 24.0 Å². The van der Waals surface area contributed by atoms with Gasteiger partial charge in [0.05, 0.1) is 11.9 Å². The topological polar surface area (TPSA) is 84.9 Å². The molecule has 1 heterocycles. The fourth-order valence-corrected chi connectivity index (χ4v) is 3.84. The van der Waals surface area contributed by atoms with Crippen molar-refractivity contribution in [3.8, 4) is 11.5 Å². The summed E-state index contributed by atoms with van der Waals surface area (Å²) in [5.74, 6) is 1.43. The van der Waals surface area contributed by atoms with E-state index in [9.17, 15) is 13.2 Å². The summed E-state index contributed by atoms with van der Waals surface area (Å²) in [7, 11) is -3.61. The number of carbonyl (C=O) groups is 1. The SMILES string of the molecule is CC(C)(C)SCCNC(=O)CN(c1ccc2c(c1)OCO2)S(C)(=O)=O. The molecule has 0 unspecified atom stereocenters. The Hall–Kier alpha value is -1.61. The Kier molecular flexibility index (Phi) is 6.10. The number of carbonyl (C=O) groups excluding carboxylic acids is 1. The van der Waals surface area contributed by atoms with Gasteiger partial charge in [-0.3, -0.25) is 9.10 Å². The predicted molar refractivity (Wildman–Crippen MR) is 100.0 cm³/mol. The predicted octanol–water partition coefficient (Wildman–Crippen LogP) is 1.83. The van der Waals surface area contributed by atoms with E-state index in [0.29, 0.717) is 23.7 Å². The molecule has 0 spiro atoms. The van der Waals surface area contributed by atoms with Crippen LogP contribution < -0.4 is 19.1 Å². The molecule has 0 fully saturated rings. The minimum absolute atomic E-state index is 0.101. The van der Waals surface area contributed by atoms with Crippen LogP contribution in [0, 0.1) is 0 Å². The zero-order valence-electron chi connectivity index (χ0n) is 14.9. The maximum absolute atomic E-state index is 12.1. The molecule has 1 aromatic carbocycles. The highest BCUT2D eigenvalue weighted by Gasteiger charge is 2.23. The number of rotatable bonds is 7. The van der Waals surface area contributed by atoms with Gasteiger partial charge in [0.2, 0.25) is 22.7 Å². The summed E-state index contributed by atoms with van der Waals surface area (Å²) in [6.07, 6.45) is 1.07. The van der Waals surface area contributed by atoms with E-state index in [0.717, 1.165) is 16.3 Å². The van der Waals surface area contributed by atoms with Crippen molar-refractivity contribution in [1.82, 2.24) is 5.32 Å². The van der Waals surface area contributed by atoms with Gasteiger partial charge in [-0.25, -0.2) is 8.42 Å². The van der Waals surface area contributed by atoms with Crippen LogP contribution in [0.3, 0.4) is 0 Å². The number of ether oxygens (including phenoxy) is 2. The van der Waals surface area contributed by atoms with Crippen LogP contribution in [0.15, 0.2) is 18.2 Å². The van der Waals surface area contributed by atoms with Crippen LogP contribution in [0.1, 0.15) is 20.8 Å². The average molecular weight is 389 g/mol. The lowest BCUT2D eigenvalue weighted by molar-refractivity contribution is -0.119. The van der Waals surface area contributed by atoms with Crippen LogP contribution in [0.4, 0.5) is 5.69 Å². The Balaban J connectivity index is 2.00. The van der Waals surface area contributed by atoms with Gasteiger partial charge in [-0.05, 0) is 12.1 Å². The molecule has 0 saturated carbocycles. The zero-order chi connectivity index (χ0) is 18.7. The van der Waals surface area contributed by atoms with Gasteiger partial charge in [-0.1, -0.05) is 20.8 Å². The first-order valence-corrected chi connectivity index (χ1v) is 10.7. The highest BCUT2D eigenvalue weighted by Crippen LogP contribution is 2.36. The molecule has 1 aliphatic rings. The molecular weight excluding hydrogens is 364 g/mol. The van der Waals surface area contributed by atoms with E-state index < -0.39 is 10.0 Å². The normalized spacial score (nSPS) is 13.6. The number of nitrogens with one attached hydrogen (secondary N) is 1. The maximum Gasteiger partial charge on any atom is 0.240 e.